The van der Waals surface area contributed by atoms with Gasteiger partial charge in [-0.15, -0.1) is 11.3 Å². The van der Waals surface area contributed by atoms with Crippen molar-refractivity contribution in [2.75, 3.05) is 12.4 Å². The van der Waals surface area contributed by atoms with Crippen molar-refractivity contribution in [3.63, 3.8) is 0 Å². The quantitative estimate of drug-likeness (QED) is 0.679. The third-order valence-corrected chi connectivity index (χ3v) is 9.32. The van der Waals surface area contributed by atoms with Crippen LogP contribution in [-0.2, 0) is 22.9 Å². The number of aromatic nitrogens is 1. The van der Waals surface area contributed by atoms with Gasteiger partial charge < -0.3 is 0 Å². The molecule has 1 saturated carbocycles. The molecule has 30 heavy (non-hydrogen) atoms. The lowest BCUT2D eigenvalue weighted by atomic mass is 9.96. The van der Waals surface area contributed by atoms with E-state index in [2.05, 4.69) is 10.3 Å². The van der Waals surface area contributed by atoms with Crippen molar-refractivity contribution in [2.24, 2.45) is 0 Å². The van der Waals surface area contributed by atoms with Gasteiger partial charge in [0.2, 0.25) is 10.0 Å². The number of halogens is 1. The third-order valence-electron chi connectivity index (χ3n) is 6.01. The van der Waals surface area contributed by atoms with Crippen molar-refractivity contribution < 1.29 is 13.2 Å². The van der Waals surface area contributed by atoms with E-state index in [1.54, 1.807) is 7.05 Å². The van der Waals surface area contributed by atoms with Crippen molar-refractivity contribution in [1.29, 1.82) is 0 Å². The SMILES string of the molecule is CN(C1CCCCC1)S(=O)(=O)c1ccc(Cl)c(C(=O)Nc2nc3c(s2)CCCC3)c1. The maximum absolute atomic E-state index is 13.1. The first-order chi connectivity index (χ1) is 14.4. The van der Waals surface area contributed by atoms with Gasteiger partial charge in [0, 0.05) is 18.0 Å². The summed E-state index contributed by atoms with van der Waals surface area (Å²) in [4.78, 5) is 18.7. The van der Waals surface area contributed by atoms with E-state index in [-0.39, 0.29) is 21.5 Å². The van der Waals surface area contributed by atoms with Crippen LogP contribution in [0.3, 0.4) is 0 Å². The van der Waals surface area contributed by atoms with E-state index >= 15 is 0 Å². The number of rotatable bonds is 5. The molecule has 162 valence electrons. The Bertz CT molecular complexity index is 1020. The fourth-order valence-corrected chi connectivity index (χ4v) is 6.91. The molecule has 0 bridgehead atoms. The molecule has 1 heterocycles. The van der Waals surface area contributed by atoms with Gasteiger partial charge in [-0.3, -0.25) is 10.1 Å². The second kappa shape index (κ2) is 8.94. The van der Waals surface area contributed by atoms with E-state index < -0.39 is 15.9 Å². The van der Waals surface area contributed by atoms with Gasteiger partial charge >= 0.3 is 0 Å². The highest BCUT2D eigenvalue weighted by Crippen LogP contribution is 2.31. The lowest BCUT2D eigenvalue weighted by Gasteiger charge is -2.30. The minimum atomic E-state index is -3.70. The Hall–Kier alpha value is -1.48. The van der Waals surface area contributed by atoms with Crippen molar-refractivity contribution in [2.45, 2.75) is 68.7 Å². The summed E-state index contributed by atoms with van der Waals surface area (Å²) in [5.41, 5.74) is 1.20. The highest BCUT2D eigenvalue weighted by molar-refractivity contribution is 7.89. The molecule has 0 aliphatic heterocycles. The molecular formula is C21H26ClN3O3S2. The van der Waals surface area contributed by atoms with Crippen LogP contribution >= 0.6 is 22.9 Å². The van der Waals surface area contributed by atoms with E-state index in [9.17, 15) is 13.2 Å². The van der Waals surface area contributed by atoms with Gasteiger partial charge in [0.1, 0.15) is 0 Å². The first-order valence-electron chi connectivity index (χ1n) is 10.4. The van der Waals surface area contributed by atoms with Gasteiger partial charge in [-0.1, -0.05) is 30.9 Å². The van der Waals surface area contributed by atoms with E-state index in [4.69, 9.17) is 11.6 Å². The molecule has 2 aromatic rings. The summed E-state index contributed by atoms with van der Waals surface area (Å²) in [7, 11) is -2.08. The number of hydrogen-bond donors (Lipinski definition) is 1. The molecule has 1 aromatic heterocycles. The zero-order valence-corrected chi connectivity index (χ0v) is 19.4. The van der Waals surface area contributed by atoms with E-state index in [0.717, 1.165) is 63.5 Å². The van der Waals surface area contributed by atoms with Crippen LogP contribution in [0.4, 0.5) is 5.13 Å². The van der Waals surface area contributed by atoms with Crippen molar-refractivity contribution >= 4 is 44.0 Å². The molecule has 6 nitrogen and oxygen atoms in total. The summed E-state index contributed by atoms with van der Waals surface area (Å²) in [5.74, 6) is -0.441. The van der Waals surface area contributed by atoms with Crippen LogP contribution in [0.2, 0.25) is 5.02 Å². The molecule has 0 saturated heterocycles. The zero-order chi connectivity index (χ0) is 21.3. The molecule has 2 aliphatic rings. The summed E-state index contributed by atoms with van der Waals surface area (Å²) < 4.78 is 27.7. The number of fused-ring (bicyclic) bond motifs is 1. The highest BCUT2D eigenvalue weighted by atomic mass is 35.5. The summed E-state index contributed by atoms with van der Waals surface area (Å²) in [6, 6.07) is 4.32. The monoisotopic (exact) mass is 467 g/mol. The van der Waals surface area contributed by atoms with Crippen LogP contribution in [0.15, 0.2) is 23.1 Å². The lowest BCUT2D eigenvalue weighted by Crippen LogP contribution is -2.38. The number of hydrogen-bond acceptors (Lipinski definition) is 5. The third kappa shape index (κ3) is 4.42. The van der Waals surface area contributed by atoms with Crippen LogP contribution in [0.5, 0.6) is 0 Å². The second-order valence-electron chi connectivity index (χ2n) is 8.00. The molecule has 0 spiro atoms. The number of anilines is 1. The average Bonchev–Trinajstić information content (AvgIpc) is 3.16. The summed E-state index contributed by atoms with van der Waals surface area (Å²) in [6.45, 7) is 0. The Morgan fingerprint density at radius 1 is 1.17 bits per heavy atom. The standard InChI is InChI=1S/C21H26ClN3O3S2/c1-25(14-7-3-2-4-8-14)30(27,28)15-11-12-17(22)16(13-15)20(26)24-21-23-18-9-5-6-10-19(18)29-21/h11-14H,2-10H2,1H3,(H,23,24,26). The predicted octanol–water partition coefficient (Wildman–Crippen LogP) is 4.88. The Morgan fingerprint density at radius 3 is 2.63 bits per heavy atom. The van der Waals surface area contributed by atoms with Crippen molar-refractivity contribution in [3.8, 4) is 0 Å². The lowest BCUT2D eigenvalue weighted by molar-refractivity contribution is 0.102. The topological polar surface area (TPSA) is 79.4 Å². The highest BCUT2D eigenvalue weighted by Gasteiger charge is 2.30. The molecule has 0 atom stereocenters. The number of aryl methyl sites for hydroxylation is 2. The zero-order valence-electron chi connectivity index (χ0n) is 17.0. The summed E-state index contributed by atoms with van der Waals surface area (Å²) >= 11 is 7.74. The largest absolute Gasteiger partial charge is 0.298 e. The fraction of sp³-hybridized carbons (Fsp3) is 0.524. The second-order valence-corrected chi connectivity index (χ2v) is 11.5. The van der Waals surface area contributed by atoms with Gasteiger partial charge in [0.05, 0.1) is 21.2 Å². The molecule has 1 N–H and O–H groups in total. The predicted molar refractivity (Wildman–Crippen MR) is 120 cm³/mol. The number of thiazole rings is 1. The van der Waals surface area contributed by atoms with Gasteiger partial charge in [0.25, 0.3) is 5.91 Å². The molecule has 1 aromatic carbocycles. The maximum atomic E-state index is 13.1. The Kier molecular flexibility index (Phi) is 6.48. The molecule has 1 amide bonds. The molecule has 9 heteroatoms. The molecule has 4 rings (SSSR count). The maximum Gasteiger partial charge on any atom is 0.259 e. The molecular weight excluding hydrogens is 442 g/mol. The first-order valence-corrected chi connectivity index (χ1v) is 13.1. The number of nitrogens with one attached hydrogen (secondary N) is 1. The van der Waals surface area contributed by atoms with E-state index in [1.807, 2.05) is 0 Å². The Balaban J connectivity index is 1.56. The number of carbonyl (C=O) groups excluding carboxylic acids is 1. The van der Waals surface area contributed by atoms with Gasteiger partial charge in [-0.2, -0.15) is 4.31 Å². The molecule has 1 fully saturated rings. The Morgan fingerprint density at radius 2 is 1.90 bits per heavy atom. The number of carbonyl (C=O) groups is 1. The van der Waals surface area contributed by atoms with Crippen LogP contribution in [0.25, 0.3) is 0 Å². The van der Waals surface area contributed by atoms with Crippen LogP contribution < -0.4 is 5.32 Å². The number of amides is 1. The summed E-state index contributed by atoms with van der Waals surface area (Å²) in [6.07, 6.45) is 9.14. The van der Waals surface area contributed by atoms with E-state index in [1.165, 1.54) is 38.7 Å². The number of nitrogens with zero attached hydrogens (tertiary/aromatic N) is 2. The van der Waals surface area contributed by atoms with Gasteiger partial charge in [-0.05, 0) is 56.7 Å². The van der Waals surface area contributed by atoms with Gasteiger partial charge in [0.15, 0.2) is 5.13 Å². The van der Waals surface area contributed by atoms with Crippen LogP contribution in [-0.4, -0.2) is 36.7 Å². The molecule has 0 unspecified atom stereocenters. The van der Waals surface area contributed by atoms with Crippen molar-refractivity contribution in [3.05, 3.63) is 39.4 Å². The summed E-state index contributed by atoms with van der Waals surface area (Å²) in [5, 5.41) is 3.56. The number of benzene rings is 1. The smallest absolute Gasteiger partial charge is 0.259 e. The van der Waals surface area contributed by atoms with Crippen LogP contribution in [0.1, 0.15) is 65.9 Å². The Labute approximate surface area is 186 Å². The average molecular weight is 468 g/mol. The van der Waals surface area contributed by atoms with Gasteiger partial charge in [-0.25, -0.2) is 13.4 Å². The van der Waals surface area contributed by atoms with Crippen molar-refractivity contribution in [1.82, 2.24) is 9.29 Å². The number of sulfonamides is 1. The van der Waals surface area contributed by atoms with Crippen LogP contribution in [0, 0.1) is 0 Å². The minimum Gasteiger partial charge on any atom is -0.298 e. The van der Waals surface area contributed by atoms with E-state index in [0.29, 0.717) is 5.13 Å². The molecule has 2 aliphatic carbocycles. The fourth-order valence-electron chi connectivity index (χ4n) is 4.22. The normalized spacial score (nSPS) is 17.7. The molecule has 0 radical (unpaired) electrons. The first kappa shape index (κ1) is 21.7. The minimum absolute atomic E-state index is 0.00153.